The summed E-state index contributed by atoms with van der Waals surface area (Å²) in [5.41, 5.74) is 0.659. The van der Waals surface area contributed by atoms with E-state index < -0.39 is 0 Å². The fourth-order valence-electron chi connectivity index (χ4n) is 3.60. The molecule has 23 heavy (non-hydrogen) atoms. The second-order valence-electron chi connectivity index (χ2n) is 6.56. The van der Waals surface area contributed by atoms with E-state index in [9.17, 15) is 9.59 Å². The van der Waals surface area contributed by atoms with Crippen LogP contribution in [0.2, 0.25) is 0 Å². The van der Waals surface area contributed by atoms with E-state index in [0.717, 1.165) is 13.0 Å². The maximum atomic E-state index is 12.2. The van der Waals surface area contributed by atoms with Crippen molar-refractivity contribution in [1.82, 2.24) is 14.8 Å². The lowest BCUT2D eigenvalue weighted by atomic mass is 9.93. The van der Waals surface area contributed by atoms with Crippen molar-refractivity contribution < 1.29 is 14.3 Å². The van der Waals surface area contributed by atoms with Gasteiger partial charge in [-0.15, -0.1) is 0 Å². The van der Waals surface area contributed by atoms with Crippen LogP contribution in [0.5, 0.6) is 0 Å². The molecule has 0 aromatic carbocycles. The van der Waals surface area contributed by atoms with E-state index in [1.807, 2.05) is 41.8 Å². The number of rotatable bonds is 5. The maximum Gasteiger partial charge on any atom is 0.267 e. The van der Waals surface area contributed by atoms with E-state index in [2.05, 4.69) is 5.32 Å². The van der Waals surface area contributed by atoms with Crippen LogP contribution in [0.4, 0.5) is 0 Å². The highest BCUT2D eigenvalue weighted by molar-refractivity contribution is 5.92. The van der Waals surface area contributed by atoms with Crippen LogP contribution in [-0.4, -0.2) is 53.6 Å². The number of ether oxygens (including phenoxy) is 1. The van der Waals surface area contributed by atoms with Crippen molar-refractivity contribution in [2.75, 3.05) is 26.2 Å². The SMILES string of the molecule is CCCC(=O)N1C[C@@H]2[C@@H](CNC(=O)c3cccn3C)CO[C@@H]2C1. The lowest BCUT2D eigenvalue weighted by Crippen LogP contribution is -2.35. The first-order chi connectivity index (χ1) is 11.1. The highest BCUT2D eigenvalue weighted by atomic mass is 16.5. The third-order valence-corrected chi connectivity index (χ3v) is 4.96. The molecular formula is C17H25N3O3. The van der Waals surface area contributed by atoms with Crippen molar-refractivity contribution in [3.8, 4) is 0 Å². The minimum Gasteiger partial charge on any atom is -0.376 e. The molecule has 0 radical (unpaired) electrons. The Hall–Kier alpha value is -1.82. The van der Waals surface area contributed by atoms with Crippen molar-refractivity contribution >= 4 is 11.8 Å². The van der Waals surface area contributed by atoms with Crippen LogP contribution < -0.4 is 5.32 Å². The Morgan fingerprint density at radius 3 is 2.91 bits per heavy atom. The molecule has 1 aromatic rings. The number of nitrogens with zero attached hydrogens (tertiary/aromatic N) is 2. The summed E-state index contributed by atoms with van der Waals surface area (Å²) in [6, 6.07) is 3.67. The molecule has 6 nitrogen and oxygen atoms in total. The predicted molar refractivity (Wildman–Crippen MR) is 86.0 cm³/mol. The average Bonchev–Trinajstić information content (AvgIpc) is 3.20. The van der Waals surface area contributed by atoms with Gasteiger partial charge in [-0.1, -0.05) is 6.92 Å². The molecule has 2 amide bonds. The number of carbonyl (C=O) groups is 2. The Balaban J connectivity index is 1.53. The summed E-state index contributed by atoms with van der Waals surface area (Å²) in [5.74, 6) is 0.781. The van der Waals surface area contributed by atoms with Crippen LogP contribution >= 0.6 is 0 Å². The molecular weight excluding hydrogens is 294 g/mol. The first-order valence-corrected chi connectivity index (χ1v) is 8.39. The van der Waals surface area contributed by atoms with Crippen LogP contribution in [0.3, 0.4) is 0 Å². The van der Waals surface area contributed by atoms with Gasteiger partial charge in [-0.05, 0) is 18.6 Å². The summed E-state index contributed by atoms with van der Waals surface area (Å²) in [6.45, 7) is 4.74. The van der Waals surface area contributed by atoms with Crippen molar-refractivity contribution in [2.24, 2.45) is 18.9 Å². The van der Waals surface area contributed by atoms with Gasteiger partial charge in [-0.3, -0.25) is 9.59 Å². The summed E-state index contributed by atoms with van der Waals surface area (Å²) < 4.78 is 7.65. The standard InChI is InChI=1S/C17H25N3O3/c1-3-5-16(21)20-9-13-12(11-23-15(13)10-20)8-18-17(22)14-6-4-7-19(14)2/h4,6-7,12-13,15H,3,5,8-11H2,1-2H3,(H,18,22)/t12-,13+,15+/m0/s1. The zero-order valence-electron chi connectivity index (χ0n) is 13.8. The highest BCUT2D eigenvalue weighted by Gasteiger charge is 2.44. The van der Waals surface area contributed by atoms with Gasteiger partial charge in [0.1, 0.15) is 5.69 Å². The Morgan fingerprint density at radius 1 is 1.39 bits per heavy atom. The molecule has 2 aliphatic rings. The molecule has 3 rings (SSSR count). The van der Waals surface area contributed by atoms with E-state index in [1.165, 1.54) is 0 Å². The molecule has 0 aliphatic carbocycles. The third-order valence-electron chi connectivity index (χ3n) is 4.96. The Bertz CT molecular complexity index is 583. The Morgan fingerprint density at radius 2 is 2.22 bits per heavy atom. The molecule has 2 aliphatic heterocycles. The summed E-state index contributed by atoms with van der Waals surface area (Å²) in [4.78, 5) is 26.2. The van der Waals surface area contributed by atoms with Crippen molar-refractivity contribution in [1.29, 1.82) is 0 Å². The van der Waals surface area contributed by atoms with Crippen LogP contribution in [0.25, 0.3) is 0 Å². The molecule has 6 heteroatoms. The largest absolute Gasteiger partial charge is 0.376 e. The molecule has 0 saturated carbocycles. The van der Waals surface area contributed by atoms with Gasteiger partial charge < -0.3 is 19.5 Å². The molecule has 2 saturated heterocycles. The Labute approximate surface area is 136 Å². The summed E-state index contributed by atoms with van der Waals surface area (Å²) in [6.07, 6.45) is 3.47. The zero-order chi connectivity index (χ0) is 16.4. The van der Waals surface area contributed by atoms with Crippen molar-refractivity contribution in [3.63, 3.8) is 0 Å². The number of fused-ring (bicyclic) bond motifs is 1. The lowest BCUT2D eigenvalue weighted by Gasteiger charge is -2.20. The Kier molecular flexibility index (Phi) is 4.71. The summed E-state index contributed by atoms with van der Waals surface area (Å²) in [5, 5.41) is 3.01. The predicted octanol–water partition coefficient (Wildman–Crippen LogP) is 1.03. The number of aryl methyl sites for hydroxylation is 1. The first kappa shape index (κ1) is 16.1. The normalized spacial score (nSPS) is 26.3. The van der Waals surface area contributed by atoms with E-state index in [0.29, 0.717) is 37.7 Å². The van der Waals surface area contributed by atoms with E-state index >= 15 is 0 Å². The number of likely N-dealkylation sites (tertiary alicyclic amines) is 1. The second kappa shape index (κ2) is 6.74. The number of hydrogen-bond donors (Lipinski definition) is 1. The van der Waals surface area contributed by atoms with Crippen LogP contribution in [0, 0.1) is 11.8 Å². The zero-order valence-corrected chi connectivity index (χ0v) is 13.8. The topological polar surface area (TPSA) is 63.6 Å². The molecule has 0 spiro atoms. The van der Waals surface area contributed by atoms with Gasteiger partial charge >= 0.3 is 0 Å². The molecule has 1 N–H and O–H groups in total. The van der Waals surface area contributed by atoms with E-state index in [4.69, 9.17) is 4.74 Å². The minimum absolute atomic E-state index is 0.0575. The number of carbonyl (C=O) groups excluding carboxylic acids is 2. The van der Waals surface area contributed by atoms with Crippen molar-refractivity contribution in [2.45, 2.75) is 25.9 Å². The average molecular weight is 319 g/mol. The summed E-state index contributed by atoms with van der Waals surface area (Å²) >= 11 is 0. The smallest absolute Gasteiger partial charge is 0.267 e. The fourth-order valence-corrected chi connectivity index (χ4v) is 3.60. The van der Waals surface area contributed by atoms with Crippen LogP contribution in [-0.2, 0) is 16.6 Å². The highest BCUT2D eigenvalue weighted by Crippen LogP contribution is 2.33. The number of nitrogens with one attached hydrogen (secondary N) is 1. The monoisotopic (exact) mass is 319 g/mol. The number of hydrogen-bond acceptors (Lipinski definition) is 3. The fraction of sp³-hybridized carbons (Fsp3) is 0.647. The summed E-state index contributed by atoms with van der Waals surface area (Å²) in [7, 11) is 1.86. The molecule has 2 fully saturated rings. The van der Waals surface area contributed by atoms with Gasteiger partial charge in [-0.2, -0.15) is 0 Å². The van der Waals surface area contributed by atoms with Gasteiger partial charge in [0.25, 0.3) is 5.91 Å². The van der Waals surface area contributed by atoms with Gasteiger partial charge in [0.05, 0.1) is 12.7 Å². The molecule has 1 aromatic heterocycles. The molecule has 126 valence electrons. The van der Waals surface area contributed by atoms with Gasteiger partial charge in [0.15, 0.2) is 0 Å². The second-order valence-corrected chi connectivity index (χ2v) is 6.56. The molecule has 0 bridgehead atoms. The van der Waals surface area contributed by atoms with Crippen LogP contribution in [0.15, 0.2) is 18.3 Å². The third kappa shape index (κ3) is 3.27. The molecule has 3 heterocycles. The van der Waals surface area contributed by atoms with Gasteiger partial charge in [-0.25, -0.2) is 0 Å². The van der Waals surface area contributed by atoms with Crippen LogP contribution in [0.1, 0.15) is 30.3 Å². The van der Waals surface area contributed by atoms with Gasteiger partial charge in [0, 0.05) is 51.1 Å². The maximum absolute atomic E-state index is 12.2. The van der Waals surface area contributed by atoms with Crippen molar-refractivity contribution in [3.05, 3.63) is 24.0 Å². The number of aromatic nitrogens is 1. The lowest BCUT2D eigenvalue weighted by molar-refractivity contribution is -0.131. The molecule has 3 atom stereocenters. The quantitative estimate of drug-likeness (QED) is 0.881. The first-order valence-electron chi connectivity index (χ1n) is 8.39. The van der Waals surface area contributed by atoms with Gasteiger partial charge in [0.2, 0.25) is 5.91 Å². The number of amides is 2. The molecule has 0 unspecified atom stereocenters. The van der Waals surface area contributed by atoms with E-state index in [1.54, 1.807) is 0 Å². The van der Waals surface area contributed by atoms with E-state index in [-0.39, 0.29) is 23.8 Å². The minimum atomic E-state index is -0.0575.